The second-order valence-electron chi connectivity index (χ2n) is 6.96. The molecule has 132 valence electrons. The monoisotopic (exact) mass is 332 g/mol. The van der Waals surface area contributed by atoms with Crippen LogP contribution in [0, 0.1) is 0 Å². The molecule has 2 aliphatic heterocycles. The standard InChI is InChI=1S/C18H28N4O2/c1-14-11-17(12-15(2)24-14)20-18(23)22-9-7-21(8-10-22)13-16-5-3-4-6-19-16/h3-6,14-15,17H,7-13H2,1-2H3,(H,20,23)/t14-,15-/m0/s1. The van der Waals surface area contributed by atoms with Crippen LogP contribution < -0.4 is 5.32 Å². The van der Waals surface area contributed by atoms with Crippen LogP contribution in [0.1, 0.15) is 32.4 Å². The Labute approximate surface area is 144 Å². The summed E-state index contributed by atoms with van der Waals surface area (Å²) in [4.78, 5) is 21.1. The van der Waals surface area contributed by atoms with Crippen LogP contribution in [-0.2, 0) is 11.3 Å². The highest BCUT2D eigenvalue weighted by Gasteiger charge is 2.28. The molecule has 0 saturated carbocycles. The number of nitrogens with one attached hydrogen (secondary N) is 1. The van der Waals surface area contributed by atoms with E-state index in [0.29, 0.717) is 0 Å². The van der Waals surface area contributed by atoms with E-state index in [0.717, 1.165) is 51.3 Å². The van der Waals surface area contributed by atoms with Crippen molar-refractivity contribution in [2.24, 2.45) is 0 Å². The molecule has 2 atom stereocenters. The lowest BCUT2D eigenvalue weighted by molar-refractivity contribution is -0.0408. The van der Waals surface area contributed by atoms with Gasteiger partial charge in [0.25, 0.3) is 0 Å². The van der Waals surface area contributed by atoms with Gasteiger partial charge in [0, 0.05) is 45.0 Å². The number of carbonyl (C=O) groups excluding carboxylic acids is 1. The Morgan fingerprint density at radius 3 is 2.54 bits per heavy atom. The molecular weight excluding hydrogens is 304 g/mol. The molecule has 6 heteroatoms. The zero-order valence-corrected chi connectivity index (χ0v) is 14.6. The van der Waals surface area contributed by atoms with Gasteiger partial charge in [0.1, 0.15) is 0 Å². The maximum Gasteiger partial charge on any atom is 0.317 e. The number of amides is 2. The minimum Gasteiger partial charge on any atom is -0.375 e. The number of rotatable bonds is 3. The third-order valence-corrected chi connectivity index (χ3v) is 4.80. The Morgan fingerprint density at radius 2 is 1.92 bits per heavy atom. The number of nitrogens with zero attached hydrogens (tertiary/aromatic N) is 3. The highest BCUT2D eigenvalue weighted by molar-refractivity contribution is 5.74. The normalized spacial score (nSPS) is 28.6. The van der Waals surface area contributed by atoms with E-state index in [4.69, 9.17) is 4.74 Å². The van der Waals surface area contributed by atoms with E-state index in [1.807, 2.05) is 29.3 Å². The minimum absolute atomic E-state index is 0.0683. The Bertz CT molecular complexity index is 521. The van der Waals surface area contributed by atoms with Gasteiger partial charge in [-0.3, -0.25) is 9.88 Å². The smallest absolute Gasteiger partial charge is 0.317 e. The van der Waals surface area contributed by atoms with Gasteiger partial charge in [-0.15, -0.1) is 0 Å². The molecule has 2 fully saturated rings. The SMILES string of the molecule is C[C@H]1CC(NC(=O)N2CCN(Cc3ccccn3)CC2)C[C@H](C)O1. The van der Waals surface area contributed by atoms with Crippen LogP contribution in [0.4, 0.5) is 4.79 Å². The van der Waals surface area contributed by atoms with Crippen LogP contribution >= 0.6 is 0 Å². The summed E-state index contributed by atoms with van der Waals surface area (Å²) < 4.78 is 5.74. The number of aromatic nitrogens is 1. The number of ether oxygens (including phenoxy) is 1. The molecule has 0 unspecified atom stereocenters. The van der Waals surface area contributed by atoms with Crippen molar-refractivity contribution >= 4 is 6.03 Å². The second kappa shape index (κ2) is 7.94. The van der Waals surface area contributed by atoms with Gasteiger partial charge in [0.2, 0.25) is 0 Å². The van der Waals surface area contributed by atoms with Crippen molar-refractivity contribution in [1.82, 2.24) is 20.1 Å². The predicted octanol–water partition coefficient (Wildman–Crippen LogP) is 1.86. The van der Waals surface area contributed by atoms with Gasteiger partial charge in [0.15, 0.2) is 0 Å². The average molecular weight is 332 g/mol. The summed E-state index contributed by atoms with van der Waals surface area (Å²) in [6, 6.07) is 6.29. The molecule has 1 N–H and O–H groups in total. The van der Waals surface area contributed by atoms with Crippen molar-refractivity contribution in [3.63, 3.8) is 0 Å². The molecule has 0 spiro atoms. The molecule has 3 heterocycles. The van der Waals surface area contributed by atoms with Crippen molar-refractivity contribution in [2.75, 3.05) is 26.2 Å². The molecule has 0 bridgehead atoms. The van der Waals surface area contributed by atoms with Gasteiger partial charge in [-0.25, -0.2) is 4.79 Å². The van der Waals surface area contributed by atoms with E-state index in [9.17, 15) is 4.79 Å². The van der Waals surface area contributed by atoms with E-state index < -0.39 is 0 Å². The summed E-state index contributed by atoms with van der Waals surface area (Å²) in [6.07, 6.45) is 4.06. The van der Waals surface area contributed by atoms with E-state index in [2.05, 4.69) is 29.0 Å². The number of hydrogen-bond acceptors (Lipinski definition) is 4. The molecule has 0 aromatic carbocycles. The fourth-order valence-corrected chi connectivity index (χ4v) is 3.62. The van der Waals surface area contributed by atoms with Crippen LogP contribution in [0.3, 0.4) is 0 Å². The third kappa shape index (κ3) is 4.68. The zero-order chi connectivity index (χ0) is 16.9. The average Bonchev–Trinajstić information content (AvgIpc) is 2.55. The van der Waals surface area contributed by atoms with E-state index in [1.165, 1.54) is 0 Å². The molecule has 2 aliphatic rings. The first-order chi connectivity index (χ1) is 11.6. The Morgan fingerprint density at radius 1 is 1.21 bits per heavy atom. The first-order valence-corrected chi connectivity index (χ1v) is 8.93. The fourth-order valence-electron chi connectivity index (χ4n) is 3.62. The highest BCUT2D eigenvalue weighted by atomic mass is 16.5. The molecule has 6 nitrogen and oxygen atoms in total. The lowest BCUT2D eigenvalue weighted by atomic mass is 10.00. The molecule has 0 aliphatic carbocycles. The van der Waals surface area contributed by atoms with Crippen LogP contribution in [0.2, 0.25) is 0 Å². The minimum atomic E-state index is 0.0683. The topological polar surface area (TPSA) is 57.7 Å². The summed E-state index contributed by atoms with van der Waals surface area (Å²) >= 11 is 0. The van der Waals surface area contributed by atoms with Crippen LogP contribution in [0.15, 0.2) is 24.4 Å². The lowest BCUT2D eigenvalue weighted by Crippen LogP contribution is -2.54. The molecule has 1 aromatic rings. The van der Waals surface area contributed by atoms with Crippen molar-refractivity contribution in [3.8, 4) is 0 Å². The number of hydrogen-bond donors (Lipinski definition) is 1. The predicted molar refractivity (Wildman–Crippen MR) is 92.6 cm³/mol. The highest BCUT2D eigenvalue weighted by Crippen LogP contribution is 2.19. The molecular formula is C18H28N4O2. The van der Waals surface area contributed by atoms with Gasteiger partial charge >= 0.3 is 6.03 Å². The van der Waals surface area contributed by atoms with E-state index >= 15 is 0 Å². The lowest BCUT2D eigenvalue weighted by Gasteiger charge is -2.37. The first-order valence-electron chi connectivity index (χ1n) is 8.93. The quantitative estimate of drug-likeness (QED) is 0.918. The first kappa shape index (κ1) is 17.2. The van der Waals surface area contributed by atoms with Gasteiger partial charge in [-0.05, 0) is 38.8 Å². The zero-order valence-electron chi connectivity index (χ0n) is 14.6. The molecule has 3 rings (SSSR count). The van der Waals surface area contributed by atoms with Gasteiger partial charge in [0.05, 0.1) is 17.9 Å². The summed E-state index contributed by atoms with van der Waals surface area (Å²) in [5, 5.41) is 3.19. The summed E-state index contributed by atoms with van der Waals surface area (Å²) in [6.45, 7) is 8.33. The van der Waals surface area contributed by atoms with Crippen molar-refractivity contribution < 1.29 is 9.53 Å². The number of urea groups is 1. The third-order valence-electron chi connectivity index (χ3n) is 4.80. The van der Waals surface area contributed by atoms with Crippen molar-refractivity contribution in [2.45, 2.75) is 51.5 Å². The Balaban J connectivity index is 1.43. The number of piperazine rings is 1. The maximum absolute atomic E-state index is 12.5. The van der Waals surface area contributed by atoms with Gasteiger partial charge < -0.3 is 15.0 Å². The van der Waals surface area contributed by atoms with Crippen LogP contribution in [-0.4, -0.2) is 65.2 Å². The van der Waals surface area contributed by atoms with Crippen molar-refractivity contribution in [3.05, 3.63) is 30.1 Å². The fraction of sp³-hybridized carbons (Fsp3) is 0.667. The Hall–Kier alpha value is -1.66. The number of pyridine rings is 1. The second-order valence-corrected chi connectivity index (χ2v) is 6.96. The van der Waals surface area contributed by atoms with Crippen LogP contribution in [0.5, 0.6) is 0 Å². The molecule has 1 aromatic heterocycles. The van der Waals surface area contributed by atoms with E-state index in [-0.39, 0.29) is 24.3 Å². The molecule has 2 amide bonds. The largest absolute Gasteiger partial charge is 0.375 e. The van der Waals surface area contributed by atoms with Gasteiger partial charge in [-0.1, -0.05) is 6.07 Å². The molecule has 0 radical (unpaired) electrons. The van der Waals surface area contributed by atoms with Crippen LogP contribution in [0.25, 0.3) is 0 Å². The Kier molecular flexibility index (Phi) is 5.68. The molecule has 24 heavy (non-hydrogen) atoms. The summed E-state index contributed by atoms with van der Waals surface area (Å²) in [7, 11) is 0. The molecule has 2 saturated heterocycles. The van der Waals surface area contributed by atoms with Crippen molar-refractivity contribution in [1.29, 1.82) is 0 Å². The van der Waals surface area contributed by atoms with Gasteiger partial charge in [-0.2, -0.15) is 0 Å². The maximum atomic E-state index is 12.5. The summed E-state index contributed by atoms with van der Waals surface area (Å²) in [5.41, 5.74) is 1.08. The van der Waals surface area contributed by atoms with E-state index in [1.54, 1.807) is 0 Å². The number of carbonyl (C=O) groups is 1. The summed E-state index contributed by atoms with van der Waals surface area (Å²) in [5.74, 6) is 0.